The standard InChI is InChI=1S/C11H14Br2N2O2S/c12-9-1-2-10(13)11(5-9)18(16,17)15-4-3-8(6-14)7-15/h1-2,5,8H,3-4,6-7,14H2. The first-order valence-electron chi connectivity index (χ1n) is 5.60. The number of halogens is 2. The molecule has 1 saturated heterocycles. The highest BCUT2D eigenvalue weighted by molar-refractivity contribution is 9.11. The SMILES string of the molecule is NCC1CCN(S(=O)(=O)c2cc(Br)ccc2Br)C1. The second-order valence-corrected chi connectivity index (χ2v) is 8.00. The van der Waals surface area contributed by atoms with Gasteiger partial charge in [0.25, 0.3) is 0 Å². The van der Waals surface area contributed by atoms with Gasteiger partial charge in [-0.1, -0.05) is 15.9 Å². The fraction of sp³-hybridized carbons (Fsp3) is 0.455. The molecule has 0 radical (unpaired) electrons. The topological polar surface area (TPSA) is 63.4 Å². The van der Waals surface area contributed by atoms with Crippen LogP contribution < -0.4 is 5.73 Å². The van der Waals surface area contributed by atoms with Crippen molar-refractivity contribution in [3.8, 4) is 0 Å². The summed E-state index contributed by atoms with van der Waals surface area (Å²) in [5.74, 6) is 0.269. The number of sulfonamides is 1. The van der Waals surface area contributed by atoms with E-state index in [-0.39, 0.29) is 5.92 Å². The first-order chi connectivity index (χ1) is 8.45. The molecule has 0 aliphatic carbocycles. The molecule has 1 unspecified atom stereocenters. The van der Waals surface area contributed by atoms with E-state index in [0.29, 0.717) is 29.0 Å². The van der Waals surface area contributed by atoms with E-state index < -0.39 is 10.0 Å². The molecule has 1 atom stereocenters. The molecule has 7 heteroatoms. The van der Waals surface area contributed by atoms with E-state index in [2.05, 4.69) is 31.9 Å². The third kappa shape index (κ3) is 2.80. The van der Waals surface area contributed by atoms with Crippen LogP contribution in [0.25, 0.3) is 0 Å². The third-order valence-electron chi connectivity index (χ3n) is 3.09. The molecule has 0 amide bonds. The highest BCUT2D eigenvalue weighted by Crippen LogP contribution is 2.30. The van der Waals surface area contributed by atoms with Gasteiger partial charge in [0.15, 0.2) is 0 Å². The number of benzene rings is 1. The van der Waals surface area contributed by atoms with Crippen molar-refractivity contribution >= 4 is 41.9 Å². The monoisotopic (exact) mass is 396 g/mol. The lowest BCUT2D eigenvalue weighted by molar-refractivity contribution is 0.458. The van der Waals surface area contributed by atoms with Crippen molar-refractivity contribution in [2.24, 2.45) is 11.7 Å². The highest BCUT2D eigenvalue weighted by Gasteiger charge is 2.33. The fourth-order valence-electron chi connectivity index (χ4n) is 2.02. The van der Waals surface area contributed by atoms with Gasteiger partial charge >= 0.3 is 0 Å². The predicted octanol–water partition coefficient (Wildman–Crippen LogP) is 2.18. The summed E-state index contributed by atoms with van der Waals surface area (Å²) in [4.78, 5) is 0.301. The second-order valence-electron chi connectivity index (χ2n) is 4.33. The minimum absolute atomic E-state index is 0.269. The van der Waals surface area contributed by atoms with Gasteiger partial charge in [-0.3, -0.25) is 0 Å². The van der Waals surface area contributed by atoms with Gasteiger partial charge in [0.1, 0.15) is 0 Å². The zero-order valence-corrected chi connectivity index (χ0v) is 13.6. The molecule has 0 spiro atoms. The van der Waals surface area contributed by atoms with Gasteiger partial charge in [-0.2, -0.15) is 4.31 Å². The summed E-state index contributed by atoms with van der Waals surface area (Å²) in [6.45, 7) is 1.59. The largest absolute Gasteiger partial charge is 0.330 e. The molecule has 1 heterocycles. The Balaban J connectivity index is 2.34. The molecule has 0 aromatic heterocycles. The van der Waals surface area contributed by atoms with E-state index in [9.17, 15) is 8.42 Å². The first-order valence-corrected chi connectivity index (χ1v) is 8.63. The molecular formula is C11H14Br2N2O2S. The Morgan fingerprint density at radius 3 is 2.72 bits per heavy atom. The highest BCUT2D eigenvalue weighted by atomic mass is 79.9. The summed E-state index contributed by atoms with van der Waals surface area (Å²) in [6.07, 6.45) is 0.835. The van der Waals surface area contributed by atoms with Crippen molar-refractivity contribution in [3.63, 3.8) is 0 Å². The van der Waals surface area contributed by atoms with Crippen LogP contribution in [-0.4, -0.2) is 32.4 Å². The van der Waals surface area contributed by atoms with Crippen LogP contribution in [0.5, 0.6) is 0 Å². The summed E-state index contributed by atoms with van der Waals surface area (Å²) in [7, 11) is -3.43. The van der Waals surface area contributed by atoms with Crippen LogP contribution in [0.2, 0.25) is 0 Å². The molecule has 2 rings (SSSR count). The van der Waals surface area contributed by atoms with E-state index in [1.54, 1.807) is 18.2 Å². The van der Waals surface area contributed by atoms with Crippen molar-refractivity contribution < 1.29 is 8.42 Å². The Bertz CT molecular complexity index is 548. The minimum Gasteiger partial charge on any atom is -0.330 e. The summed E-state index contributed by atoms with van der Waals surface area (Å²) in [5.41, 5.74) is 5.59. The summed E-state index contributed by atoms with van der Waals surface area (Å²) in [6, 6.07) is 5.15. The van der Waals surface area contributed by atoms with Crippen molar-refractivity contribution in [3.05, 3.63) is 27.1 Å². The molecule has 100 valence electrons. The number of rotatable bonds is 3. The van der Waals surface area contributed by atoms with Crippen LogP contribution in [0.4, 0.5) is 0 Å². The normalized spacial score (nSPS) is 21.4. The van der Waals surface area contributed by atoms with Crippen LogP contribution in [0.1, 0.15) is 6.42 Å². The van der Waals surface area contributed by atoms with E-state index in [4.69, 9.17) is 5.73 Å². The van der Waals surface area contributed by atoms with Crippen molar-refractivity contribution in [2.75, 3.05) is 19.6 Å². The number of hydrogen-bond acceptors (Lipinski definition) is 3. The zero-order chi connectivity index (χ0) is 13.3. The molecular weight excluding hydrogens is 384 g/mol. The van der Waals surface area contributed by atoms with Gasteiger partial charge in [0.2, 0.25) is 10.0 Å². The average Bonchev–Trinajstić information content (AvgIpc) is 2.81. The van der Waals surface area contributed by atoms with Crippen LogP contribution in [0.3, 0.4) is 0 Å². The molecule has 1 aromatic carbocycles. The summed E-state index contributed by atoms with van der Waals surface area (Å²) < 4.78 is 27.9. The van der Waals surface area contributed by atoms with Crippen molar-refractivity contribution in [2.45, 2.75) is 11.3 Å². The quantitative estimate of drug-likeness (QED) is 0.850. The Morgan fingerprint density at radius 2 is 2.11 bits per heavy atom. The fourth-order valence-corrected chi connectivity index (χ4v) is 5.02. The van der Waals surface area contributed by atoms with Gasteiger partial charge in [0, 0.05) is 22.0 Å². The van der Waals surface area contributed by atoms with Gasteiger partial charge in [-0.05, 0) is 53.0 Å². The van der Waals surface area contributed by atoms with E-state index >= 15 is 0 Å². The third-order valence-corrected chi connectivity index (χ3v) is 6.45. The zero-order valence-electron chi connectivity index (χ0n) is 9.64. The van der Waals surface area contributed by atoms with E-state index in [1.165, 1.54) is 4.31 Å². The molecule has 1 aliphatic heterocycles. The maximum atomic E-state index is 12.5. The smallest absolute Gasteiger partial charge is 0.244 e. The Kier molecular flexibility index (Phi) is 4.48. The summed E-state index contributed by atoms with van der Waals surface area (Å²) in [5, 5.41) is 0. The van der Waals surface area contributed by atoms with Gasteiger partial charge in [0.05, 0.1) is 4.90 Å². The number of hydrogen-bond donors (Lipinski definition) is 1. The molecule has 18 heavy (non-hydrogen) atoms. The molecule has 4 nitrogen and oxygen atoms in total. The van der Waals surface area contributed by atoms with Crippen molar-refractivity contribution in [1.82, 2.24) is 4.31 Å². The predicted molar refractivity (Wildman–Crippen MR) is 77.8 cm³/mol. The van der Waals surface area contributed by atoms with E-state index in [1.807, 2.05) is 0 Å². The Hall–Kier alpha value is 0.0500. The molecule has 0 saturated carbocycles. The molecule has 0 bridgehead atoms. The van der Waals surface area contributed by atoms with Crippen LogP contribution >= 0.6 is 31.9 Å². The lowest BCUT2D eigenvalue weighted by atomic mass is 10.1. The minimum atomic E-state index is -3.43. The van der Waals surface area contributed by atoms with Crippen LogP contribution in [-0.2, 0) is 10.0 Å². The number of nitrogens with two attached hydrogens (primary N) is 1. The maximum Gasteiger partial charge on any atom is 0.244 e. The van der Waals surface area contributed by atoms with Crippen LogP contribution in [0, 0.1) is 5.92 Å². The Labute approximate surface area is 124 Å². The second kappa shape index (κ2) is 5.58. The average molecular weight is 398 g/mol. The van der Waals surface area contributed by atoms with Gasteiger partial charge in [-0.15, -0.1) is 0 Å². The molecule has 1 fully saturated rings. The number of nitrogens with zero attached hydrogens (tertiary/aromatic N) is 1. The molecule has 1 aromatic rings. The van der Waals surface area contributed by atoms with Gasteiger partial charge < -0.3 is 5.73 Å². The summed E-state index contributed by atoms with van der Waals surface area (Å²) >= 11 is 6.59. The van der Waals surface area contributed by atoms with E-state index in [0.717, 1.165) is 10.9 Å². The lowest BCUT2D eigenvalue weighted by Crippen LogP contribution is -2.30. The molecule has 2 N–H and O–H groups in total. The first kappa shape index (κ1) is 14.5. The van der Waals surface area contributed by atoms with Gasteiger partial charge in [-0.25, -0.2) is 8.42 Å². The Morgan fingerprint density at radius 1 is 1.39 bits per heavy atom. The van der Waals surface area contributed by atoms with Crippen LogP contribution in [0.15, 0.2) is 32.0 Å². The lowest BCUT2D eigenvalue weighted by Gasteiger charge is -2.17. The van der Waals surface area contributed by atoms with Crippen molar-refractivity contribution in [1.29, 1.82) is 0 Å². The molecule has 1 aliphatic rings. The maximum absolute atomic E-state index is 12.5.